The fraction of sp³-hybridized carbons (Fsp3) is 0.750. The van der Waals surface area contributed by atoms with E-state index in [2.05, 4.69) is 10.6 Å². The first kappa shape index (κ1) is 15.6. The third-order valence-electron chi connectivity index (χ3n) is 1.85. The van der Waals surface area contributed by atoms with Gasteiger partial charge in [-0.15, -0.1) is 0 Å². The molecule has 0 saturated heterocycles. The largest absolute Gasteiger partial charge is 0.480 e. The Morgan fingerprint density at radius 3 is 1.50 bits per heavy atom. The van der Waals surface area contributed by atoms with Crippen molar-refractivity contribution in [2.45, 2.75) is 12.1 Å². The Morgan fingerprint density at radius 2 is 1.31 bits per heavy atom. The number of carbonyl (C=O) groups is 2. The van der Waals surface area contributed by atoms with E-state index in [9.17, 15) is 9.59 Å². The molecule has 0 aromatic heterocycles. The average molecular weight is 268 g/mol. The molecule has 0 aliphatic carbocycles. The Kier molecular flexibility index (Phi) is 8.44. The molecule has 16 heavy (non-hydrogen) atoms. The summed E-state index contributed by atoms with van der Waals surface area (Å²) in [5.41, 5.74) is 0. The van der Waals surface area contributed by atoms with E-state index >= 15 is 0 Å². The van der Waals surface area contributed by atoms with Crippen LogP contribution >= 0.6 is 21.6 Å². The Morgan fingerprint density at radius 1 is 1.00 bits per heavy atom. The number of carboxylic acid groups (broad SMARTS) is 2. The molecule has 0 fully saturated rings. The molecule has 0 aromatic carbocycles. The van der Waals surface area contributed by atoms with Crippen molar-refractivity contribution in [3.8, 4) is 0 Å². The molecule has 6 nitrogen and oxygen atoms in total. The van der Waals surface area contributed by atoms with Crippen LogP contribution in [0.4, 0.5) is 0 Å². The van der Waals surface area contributed by atoms with Gasteiger partial charge in [-0.2, -0.15) is 0 Å². The van der Waals surface area contributed by atoms with E-state index < -0.39 is 24.0 Å². The minimum absolute atomic E-state index is 0.395. The summed E-state index contributed by atoms with van der Waals surface area (Å²) >= 11 is 0. The lowest BCUT2D eigenvalue weighted by molar-refractivity contribution is -0.139. The highest BCUT2D eigenvalue weighted by atomic mass is 33.1. The molecule has 2 atom stereocenters. The molecule has 0 aliphatic heterocycles. The highest BCUT2D eigenvalue weighted by Gasteiger charge is 2.17. The predicted octanol–water partition coefficient (Wildman–Crippen LogP) is -0.287. The molecule has 0 aromatic rings. The standard InChI is InChI=1S/C8H16N2O4S2/c1-9-5(7(11)12)3-15-16-4-6(10-2)8(13)14/h5-6,9-10H,3-4H2,1-2H3,(H,11,12)(H,13,14). The molecular formula is C8H16N2O4S2. The zero-order chi connectivity index (χ0) is 12.6. The Labute approximate surface area is 102 Å². The molecule has 0 spiro atoms. The second-order valence-electron chi connectivity index (χ2n) is 2.93. The molecule has 8 heteroatoms. The maximum Gasteiger partial charge on any atom is 0.321 e. The summed E-state index contributed by atoms with van der Waals surface area (Å²) in [6.07, 6.45) is 0. The van der Waals surface area contributed by atoms with Crippen molar-refractivity contribution in [1.82, 2.24) is 10.6 Å². The zero-order valence-electron chi connectivity index (χ0n) is 9.10. The third kappa shape index (κ3) is 6.21. The molecule has 0 aliphatic rings. The fourth-order valence-electron chi connectivity index (χ4n) is 0.789. The first-order chi connectivity index (χ1) is 7.52. The van der Waals surface area contributed by atoms with E-state index in [0.29, 0.717) is 11.5 Å². The number of likely N-dealkylation sites (N-methyl/N-ethyl adjacent to an activating group) is 2. The number of hydrogen-bond donors (Lipinski definition) is 4. The van der Waals surface area contributed by atoms with Crippen LogP contribution in [0.1, 0.15) is 0 Å². The quantitative estimate of drug-likeness (QED) is 0.334. The monoisotopic (exact) mass is 268 g/mol. The first-order valence-electron chi connectivity index (χ1n) is 4.57. The topological polar surface area (TPSA) is 98.7 Å². The normalized spacial score (nSPS) is 14.4. The summed E-state index contributed by atoms with van der Waals surface area (Å²) in [5, 5.41) is 22.8. The molecule has 0 rings (SSSR count). The van der Waals surface area contributed by atoms with Gasteiger partial charge in [-0.25, -0.2) is 0 Å². The van der Waals surface area contributed by atoms with Crippen LogP contribution in [0.5, 0.6) is 0 Å². The van der Waals surface area contributed by atoms with Crippen LogP contribution in [0.25, 0.3) is 0 Å². The van der Waals surface area contributed by atoms with Crippen LogP contribution < -0.4 is 10.6 Å². The minimum Gasteiger partial charge on any atom is -0.480 e. The Bertz CT molecular complexity index is 216. The average Bonchev–Trinajstić information content (AvgIpc) is 2.22. The highest BCUT2D eigenvalue weighted by molar-refractivity contribution is 8.76. The number of hydrogen-bond acceptors (Lipinski definition) is 6. The Balaban J connectivity index is 3.73. The van der Waals surface area contributed by atoms with Gasteiger partial charge in [0, 0.05) is 11.5 Å². The van der Waals surface area contributed by atoms with Crippen LogP contribution in [-0.4, -0.2) is 59.8 Å². The van der Waals surface area contributed by atoms with Crippen LogP contribution in [-0.2, 0) is 9.59 Å². The maximum absolute atomic E-state index is 10.6. The summed E-state index contributed by atoms with van der Waals surface area (Å²) in [6, 6.07) is -1.20. The zero-order valence-corrected chi connectivity index (χ0v) is 10.7. The van der Waals surface area contributed by atoms with Crippen molar-refractivity contribution in [2.24, 2.45) is 0 Å². The SMILES string of the molecule is CNC(CSSCC(NC)C(=O)O)C(=O)O. The van der Waals surface area contributed by atoms with Crippen molar-refractivity contribution in [1.29, 1.82) is 0 Å². The van der Waals surface area contributed by atoms with Gasteiger partial charge in [0.2, 0.25) is 0 Å². The van der Waals surface area contributed by atoms with Gasteiger partial charge in [-0.05, 0) is 14.1 Å². The minimum atomic E-state index is -0.904. The van der Waals surface area contributed by atoms with Crippen molar-refractivity contribution >= 4 is 33.5 Å². The van der Waals surface area contributed by atoms with Crippen LogP contribution in [0.2, 0.25) is 0 Å². The number of rotatable bonds is 9. The van der Waals surface area contributed by atoms with E-state index in [-0.39, 0.29) is 0 Å². The summed E-state index contributed by atoms with van der Waals surface area (Å²) in [5.74, 6) is -1.02. The van der Waals surface area contributed by atoms with Crippen LogP contribution in [0, 0.1) is 0 Å². The summed E-state index contributed by atoms with van der Waals surface area (Å²) in [4.78, 5) is 21.3. The van der Waals surface area contributed by atoms with E-state index in [4.69, 9.17) is 10.2 Å². The molecule has 0 saturated carbocycles. The molecule has 0 amide bonds. The van der Waals surface area contributed by atoms with E-state index in [0.717, 1.165) is 0 Å². The van der Waals surface area contributed by atoms with Gasteiger partial charge < -0.3 is 20.8 Å². The van der Waals surface area contributed by atoms with E-state index in [1.165, 1.54) is 21.6 Å². The van der Waals surface area contributed by atoms with Crippen LogP contribution in [0.15, 0.2) is 0 Å². The van der Waals surface area contributed by atoms with Gasteiger partial charge >= 0.3 is 11.9 Å². The predicted molar refractivity (Wildman–Crippen MR) is 65.9 cm³/mol. The van der Waals surface area contributed by atoms with Gasteiger partial charge in [0.15, 0.2) is 0 Å². The molecule has 0 heterocycles. The number of aliphatic carboxylic acids is 2. The van der Waals surface area contributed by atoms with E-state index in [1.54, 1.807) is 14.1 Å². The fourth-order valence-corrected chi connectivity index (χ4v) is 3.27. The van der Waals surface area contributed by atoms with Crippen molar-refractivity contribution in [3.05, 3.63) is 0 Å². The summed E-state index contributed by atoms with van der Waals surface area (Å²) in [7, 11) is 5.85. The molecular weight excluding hydrogens is 252 g/mol. The van der Waals surface area contributed by atoms with E-state index in [1.807, 2.05) is 0 Å². The summed E-state index contributed by atoms with van der Waals surface area (Å²) in [6.45, 7) is 0. The number of carboxylic acids is 2. The molecule has 0 bridgehead atoms. The van der Waals surface area contributed by atoms with Gasteiger partial charge in [0.05, 0.1) is 0 Å². The Hall–Kier alpha value is -0.440. The van der Waals surface area contributed by atoms with Gasteiger partial charge in [0.25, 0.3) is 0 Å². The van der Waals surface area contributed by atoms with Gasteiger partial charge in [0.1, 0.15) is 12.1 Å². The summed E-state index contributed by atoms with van der Waals surface area (Å²) < 4.78 is 0. The smallest absolute Gasteiger partial charge is 0.321 e. The van der Waals surface area contributed by atoms with Crippen molar-refractivity contribution < 1.29 is 19.8 Å². The molecule has 94 valence electrons. The lowest BCUT2D eigenvalue weighted by atomic mass is 10.3. The highest BCUT2D eigenvalue weighted by Crippen LogP contribution is 2.22. The van der Waals surface area contributed by atoms with Crippen LogP contribution in [0.3, 0.4) is 0 Å². The third-order valence-corrected chi connectivity index (χ3v) is 4.27. The van der Waals surface area contributed by atoms with Gasteiger partial charge in [-0.3, -0.25) is 9.59 Å². The number of nitrogens with one attached hydrogen (secondary N) is 2. The maximum atomic E-state index is 10.6. The lowest BCUT2D eigenvalue weighted by Crippen LogP contribution is -2.37. The second-order valence-corrected chi connectivity index (χ2v) is 5.48. The molecule has 4 N–H and O–H groups in total. The molecule has 0 radical (unpaired) electrons. The van der Waals surface area contributed by atoms with Crippen molar-refractivity contribution in [2.75, 3.05) is 25.6 Å². The van der Waals surface area contributed by atoms with Crippen molar-refractivity contribution in [3.63, 3.8) is 0 Å². The molecule has 2 unspecified atom stereocenters. The van der Waals surface area contributed by atoms with Gasteiger partial charge in [-0.1, -0.05) is 21.6 Å². The lowest BCUT2D eigenvalue weighted by Gasteiger charge is -2.12. The first-order valence-corrected chi connectivity index (χ1v) is 7.06. The second kappa shape index (κ2) is 8.68.